The second kappa shape index (κ2) is 10.2. The summed E-state index contributed by atoms with van der Waals surface area (Å²) in [5.41, 5.74) is 6.14. The molecule has 0 saturated carbocycles. The molecule has 7 nitrogen and oxygen atoms in total. The van der Waals surface area contributed by atoms with Gasteiger partial charge in [0.1, 0.15) is 5.82 Å². The van der Waals surface area contributed by atoms with Gasteiger partial charge in [-0.2, -0.15) is 0 Å². The maximum Gasteiger partial charge on any atom is 0.330 e. The van der Waals surface area contributed by atoms with Gasteiger partial charge in [-0.15, -0.1) is 11.8 Å². The molecule has 1 aromatic heterocycles. The molecule has 28 heavy (non-hydrogen) atoms. The minimum atomic E-state index is -0.625. The summed E-state index contributed by atoms with van der Waals surface area (Å²) in [7, 11) is 0. The lowest BCUT2D eigenvalue weighted by Gasteiger charge is -2.24. The number of benzene rings is 1. The summed E-state index contributed by atoms with van der Waals surface area (Å²) in [5.74, 6) is 0.0157. The summed E-state index contributed by atoms with van der Waals surface area (Å²) in [5, 5.41) is 0. The summed E-state index contributed by atoms with van der Waals surface area (Å²) in [6, 6.07) is 7.83. The number of H-pyrrole nitrogens is 1. The molecule has 0 radical (unpaired) electrons. The predicted octanol–water partition coefficient (Wildman–Crippen LogP) is 2.76. The second-order valence-corrected chi connectivity index (χ2v) is 7.62. The van der Waals surface area contributed by atoms with Crippen molar-refractivity contribution in [2.45, 2.75) is 51.5 Å². The highest BCUT2D eigenvalue weighted by atomic mass is 32.2. The lowest BCUT2D eigenvalue weighted by Crippen LogP contribution is -2.42. The molecule has 0 aliphatic carbocycles. The lowest BCUT2D eigenvalue weighted by molar-refractivity contribution is -0.116. The van der Waals surface area contributed by atoms with Crippen LogP contribution in [-0.4, -0.2) is 27.8 Å². The van der Waals surface area contributed by atoms with E-state index in [-0.39, 0.29) is 23.2 Å². The number of carbonyl (C=O) groups is 1. The number of rotatable bonds is 9. The maximum atomic E-state index is 13.0. The van der Waals surface area contributed by atoms with Gasteiger partial charge in [0.25, 0.3) is 5.56 Å². The van der Waals surface area contributed by atoms with Crippen LogP contribution in [0.2, 0.25) is 0 Å². The number of nitrogens with one attached hydrogen (secondary N) is 1. The minimum Gasteiger partial charge on any atom is -0.383 e. The van der Waals surface area contributed by atoms with Crippen molar-refractivity contribution in [2.24, 2.45) is 0 Å². The monoisotopic (exact) mass is 404 g/mol. The Hall–Kier alpha value is -2.48. The van der Waals surface area contributed by atoms with Crippen molar-refractivity contribution in [3.63, 3.8) is 0 Å². The van der Waals surface area contributed by atoms with Gasteiger partial charge in [-0.1, -0.05) is 38.5 Å². The van der Waals surface area contributed by atoms with E-state index in [9.17, 15) is 14.4 Å². The average molecular weight is 405 g/mol. The van der Waals surface area contributed by atoms with Gasteiger partial charge in [0.15, 0.2) is 5.69 Å². The zero-order chi connectivity index (χ0) is 20.7. The molecule has 1 aromatic carbocycles. The van der Waals surface area contributed by atoms with E-state index in [0.29, 0.717) is 19.5 Å². The standard InChI is InChI=1S/C20H28N4O3S/c1-4-6-12-23(16(25)13-28-15-10-8-7-9-14(15)3)17-18(21)24(11-5-2)20(27)22-19(17)26/h7-10H,4-6,11-13,21H2,1-3H3,(H,22,26,27). The molecule has 0 aliphatic rings. The number of anilines is 2. The van der Waals surface area contributed by atoms with Crippen molar-refractivity contribution in [3.8, 4) is 0 Å². The number of amides is 1. The highest BCUT2D eigenvalue weighted by Crippen LogP contribution is 2.24. The fourth-order valence-corrected chi connectivity index (χ4v) is 3.80. The van der Waals surface area contributed by atoms with Gasteiger partial charge in [0.05, 0.1) is 5.75 Å². The summed E-state index contributed by atoms with van der Waals surface area (Å²) < 4.78 is 1.32. The highest BCUT2D eigenvalue weighted by molar-refractivity contribution is 8.00. The second-order valence-electron chi connectivity index (χ2n) is 6.60. The number of hydrogen-bond donors (Lipinski definition) is 2. The molecule has 8 heteroatoms. The Labute approximate surface area is 168 Å². The van der Waals surface area contributed by atoms with Gasteiger partial charge in [-0.05, 0) is 31.4 Å². The molecular weight excluding hydrogens is 376 g/mol. The number of nitrogen functional groups attached to an aromatic ring is 1. The van der Waals surface area contributed by atoms with E-state index in [1.807, 2.05) is 45.0 Å². The first-order valence-electron chi connectivity index (χ1n) is 9.52. The van der Waals surface area contributed by atoms with E-state index in [0.717, 1.165) is 23.3 Å². The zero-order valence-corrected chi connectivity index (χ0v) is 17.5. The summed E-state index contributed by atoms with van der Waals surface area (Å²) in [6.07, 6.45) is 2.27. The molecule has 0 bridgehead atoms. The first-order valence-corrected chi connectivity index (χ1v) is 10.5. The molecule has 0 aliphatic heterocycles. The highest BCUT2D eigenvalue weighted by Gasteiger charge is 2.23. The van der Waals surface area contributed by atoms with Crippen LogP contribution in [0.25, 0.3) is 0 Å². The first kappa shape index (κ1) is 21.8. The maximum absolute atomic E-state index is 13.0. The van der Waals surface area contributed by atoms with Gasteiger partial charge in [-0.25, -0.2) is 4.79 Å². The Kier molecular flexibility index (Phi) is 7.92. The largest absolute Gasteiger partial charge is 0.383 e. The van der Waals surface area contributed by atoms with E-state index >= 15 is 0 Å². The molecule has 3 N–H and O–H groups in total. The number of hydrogen-bond acceptors (Lipinski definition) is 5. The number of nitrogens with two attached hydrogens (primary N) is 1. The van der Waals surface area contributed by atoms with Crippen LogP contribution in [0.15, 0.2) is 38.8 Å². The minimum absolute atomic E-state index is 0.0425. The molecule has 2 aromatic rings. The third kappa shape index (κ3) is 5.07. The summed E-state index contributed by atoms with van der Waals surface area (Å²) in [4.78, 5) is 42.3. The number of nitrogens with zero attached hydrogens (tertiary/aromatic N) is 2. The number of thioether (sulfide) groups is 1. The zero-order valence-electron chi connectivity index (χ0n) is 16.7. The summed E-state index contributed by atoms with van der Waals surface area (Å²) in [6.45, 7) is 6.67. The van der Waals surface area contributed by atoms with Gasteiger partial charge in [0, 0.05) is 18.0 Å². The lowest BCUT2D eigenvalue weighted by atomic mass is 10.2. The molecule has 152 valence electrons. The van der Waals surface area contributed by atoms with Crippen molar-refractivity contribution in [1.82, 2.24) is 9.55 Å². The Balaban J connectivity index is 2.36. The van der Waals surface area contributed by atoms with Crippen LogP contribution in [0, 0.1) is 6.92 Å². The first-order chi connectivity index (χ1) is 13.4. The predicted molar refractivity (Wildman–Crippen MR) is 115 cm³/mol. The Morgan fingerprint density at radius 2 is 1.93 bits per heavy atom. The van der Waals surface area contributed by atoms with Gasteiger partial charge < -0.3 is 10.6 Å². The topological polar surface area (TPSA) is 101 Å². The van der Waals surface area contributed by atoms with Crippen LogP contribution in [-0.2, 0) is 11.3 Å². The number of aryl methyl sites for hydroxylation is 1. The van der Waals surface area contributed by atoms with Crippen molar-refractivity contribution in [2.75, 3.05) is 22.9 Å². The molecular formula is C20H28N4O3S. The molecule has 2 rings (SSSR count). The SMILES string of the molecule is CCCCN(C(=O)CSc1ccccc1C)c1c(N)n(CCC)c(=O)[nH]c1=O. The number of aromatic nitrogens is 2. The van der Waals surface area contributed by atoms with Crippen LogP contribution in [0.5, 0.6) is 0 Å². The van der Waals surface area contributed by atoms with Gasteiger partial charge >= 0.3 is 5.69 Å². The van der Waals surface area contributed by atoms with Crippen molar-refractivity contribution in [1.29, 1.82) is 0 Å². The molecule has 0 fully saturated rings. The Morgan fingerprint density at radius 1 is 1.21 bits per heavy atom. The van der Waals surface area contributed by atoms with E-state index in [1.165, 1.54) is 21.2 Å². The van der Waals surface area contributed by atoms with Crippen molar-refractivity contribution < 1.29 is 4.79 Å². The third-order valence-corrected chi connectivity index (χ3v) is 5.57. The molecule has 0 atom stereocenters. The fourth-order valence-electron chi connectivity index (χ4n) is 2.90. The summed E-state index contributed by atoms with van der Waals surface area (Å²) >= 11 is 1.43. The van der Waals surface area contributed by atoms with Crippen LogP contribution < -0.4 is 21.9 Å². The molecule has 0 spiro atoms. The van der Waals surface area contributed by atoms with Crippen molar-refractivity contribution >= 4 is 29.2 Å². The number of carbonyl (C=O) groups excluding carboxylic acids is 1. The number of aromatic amines is 1. The third-order valence-electron chi connectivity index (χ3n) is 4.41. The van der Waals surface area contributed by atoms with Crippen molar-refractivity contribution in [3.05, 3.63) is 50.7 Å². The average Bonchev–Trinajstić information content (AvgIpc) is 2.66. The van der Waals surface area contributed by atoms with E-state index < -0.39 is 11.2 Å². The molecule has 1 heterocycles. The van der Waals surface area contributed by atoms with E-state index in [4.69, 9.17) is 5.73 Å². The fraction of sp³-hybridized carbons (Fsp3) is 0.450. The normalized spacial score (nSPS) is 10.8. The smallest absolute Gasteiger partial charge is 0.330 e. The van der Waals surface area contributed by atoms with Crippen LogP contribution in [0.3, 0.4) is 0 Å². The molecule has 1 amide bonds. The Morgan fingerprint density at radius 3 is 2.57 bits per heavy atom. The van der Waals surface area contributed by atoms with Crippen LogP contribution in [0.4, 0.5) is 11.5 Å². The van der Waals surface area contributed by atoms with E-state index in [2.05, 4.69) is 4.98 Å². The quantitative estimate of drug-likeness (QED) is 0.626. The Bertz CT molecular complexity index is 936. The van der Waals surface area contributed by atoms with Gasteiger partial charge in [-0.3, -0.25) is 19.1 Å². The van der Waals surface area contributed by atoms with Gasteiger partial charge in [0.2, 0.25) is 5.91 Å². The van der Waals surface area contributed by atoms with Crippen LogP contribution in [0.1, 0.15) is 38.7 Å². The molecule has 0 unspecified atom stereocenters. The van der Waals surface area contributed by atoms with Crippen LogP contribution >= 0.6 is 11.8 Å². The van der Waals surface area contributed by atoms with E-state index in [1.54, 1.807) is 0 Å². The molecule has 0 saturated heterocycles. The number of unbranched alkanes of at least 4 members (excludes halogenated alkanes) is 1.